The molecule has 0 aliphatic rings. The number of nitrogens with two attached hydrogens (primary N) is 1. The molecule has 0 atom stereocenters. The van der Waals surface area contributed by atoms with Gasteiger partial charge in [0.1, 0.15) is 11.4 Å². The van der Waals surface area contributed by atoms with E-state index in [1.165, 1.54) is 0 Å². The Morgan fingerprint density at radius 3 is 2.15 bits per heavy atom. The van der Waals surface area contributed by atoms with Crippen molar-refractivity contribution >= 4 is 12.2 Å². The first kappa shape index (κ1) is 18.2. The Labute approximate surface area is 121 Å². The molecule has 5 heteroatoms. The number of nitrogens with zero attached hydrogens (tertiary/aromatic N) is 1. The lowest BCUT2D eigenvalue weighted by atomic mass is 10.2. The number of benzene rings is 1. The fraction of sp³-hybridized carbons (Fsp3) is 0.533. The number of rotatable bonds is 4. The summed E-state index contributed by atoms with van der Waals surface area (Å²) in [5.41, 5.74) is 7.45. The number of carbonyl (C=O) groups excluding carboxylic acids is 1. The van der Waals surface area contributed by atoms with Crippen LogP contribution in [0.5, 0.6) is 5.75 Å². The molecule has 114 valence electrons. The quantitative estimate of drug-likeness (QED) is 0.857. The number of ether oxygens (including phenoxy) is 2. The molecule has 1 aromatic rings. The maximum Gasteiger partial charge on any atom is 0.293 e. The summed E-state index contributed by atoms with van der Waals surface area (Å²) in [6.45, 7) is 6.46. The Balaban J connectivity index is 0.000000441. The largest absolute Gasteiger partial charge is 0.497 e. The lowest BCUT2D eigenvalue weighted by molar-refractivity contribution is -0.138. The average molecular weight is 282 g/mol. The molecule has 0 amide bonds. The summed E-state index contributed by atoms with van der Waals surface area (Å²) in [5.74, 6) is 0.853. The Kier molecular flexibility index (Phi) is 7.69. The Morgan fingerprint density at radius 1 is 1.25 bits per heavy atom. The minimum atomic E-state index is -0.318. The number of methoxy groups -OCH3 is 1. The van der Waals surface area contributed by atoms with Gasteiger partial charge in [-0.15, -0.1) is 0 Å². The van der Waals surface area contributed by atoms with Gasteiger partial charge in [0.05, 0.1) is 7.11 Å². The fourth-order valence-electron chi connectivity index (χ4n) is 1.28. The van der Waals surface area contributed by atoms with Gasteiger partial charge >= 0.3 is 0 Å². The summed E-state index contributed by atoms with van der Waals surface area (Å²) >= 11 is 0. The monoisotopic (exact) mass is 282 g/mol. The van der Waals surface area contributed by atoms with Crippen molar-refractivity contribution in [2.24, 2.45) is 5.73 Å². The number of hydrogen-bond donors (Lipinski definition) is 1. The van der Waals surface area contributed by atoms with Gasteiger partial charge in [0.2, 0.25) is 0 Å². The summed E-state index contributed by atoms with van der Waals surface area (Å²) in [4.78, 5) is 11.6. The number of anilines is 1. The van der Waals surface area contributed by atoms with Crippen LogP contribution in [0.2, 0.25) is 0 Å². The van der Waals surface area contributed by atoms with E-state index in [0.29, 0.717) is 13.0 Å². The third-order valence-electron chi connectivity index (χ3n) is 2.34. The van der Waals surface area contributed by atoms with E-state index in [4.69, 9.17) is 10.5 Å². The van der Waals surface area contributed by atoms with E-state index < -0.39 is 0 Å². The summed E-state index contributed by atoms with van der Waals surface area (Å²) in [5, 5.41) is 0. The molecule has 1 aromatic carbocycles. The highest BCUT2D eigenvalue weighted by Crippen LogP contribution is 2.22. The molecule has 0 fully saturated rings. The van der Waals surface area contributed by atoms with Crippen molar-refractivity contribution in [3.8, 4) is 5.75 Å². The van der Waals surface area contributed by atoms with Crippen molar-refractivity contribution in [1.82, 2.24) is 0 Å². The van der Waals surface area contributed by atoms with Crippen LogP contribution < -0.4 is 15.4 Å². The lowest BCUT2D eigenvalue weighted by Gasteiger charge is -2.15. The molecule has 0 saturated carbocycles. The van der Waals surface area contributed by atoms with Crippen molar-refractivity contribution < 1.29 is 14.3 Å². The van der Waals surface area contributed by atoms with Crippen molar-refractivity contribution in [2.45, 2.75) is 32.9 Å². The predicted octanol–water partition coefficient (Wildman–Crippen LogP) is 2.18. The average Bonchev–Trinajstić information content (AvgIpc) is 2.37. The van der Waals surface area contributed by atoms with Crippen LogP contribution in [0.4, 0.5) is 5.69 Å². The second-order valence-electron chi connectivity index (χ2n) is 5.46. The summed E-state index contributed by atoms with van der Waals surface area (Å²) in [6, 6.07) is 5.99. The zero-order valence-electron chi connectivity index (χ0n) is 13.3. The molecule has 0 aromatic heterocycles. The summed E-state index contributed by atoms with van der Waals surface area (Å²) < 4.78 is 9.71. The summed E-state index contributed by atoms with van der Waals surface area (Å²) in [6.07, 6.45) is 0. The second kappa shape index (κ2) is 8.43. The van der Waals surface area contributed by atoms with Crippen LogP contribution >= 0.6 is 0 Å². The Morgan fingerprint density at radius 2 is 1.85 bits per heavy atom. The van der Waals surface area contributed by atoms with Gasteiger partial charge in [-0.05, 0) is 38.5 Å². The third kappa shape index (κ3) is 7.63. The minimum Gasteiger partial charge on any atom is -0.497 e. The first-order valence-electron chi connectivity index (χ1n) is 6.40. The van der Waals surface area contributed by atoms with E-state index in [1.807, 2.05) is 51.9 Å². The van der Waals surface area contributed by atoms with Crippen molar-refractivity contribution in [2.75, 3.05) is 26.1 Å². The molecular formula is C15H26N2O3. The zero-order chi connectivity index (χ0) is 15.8. The zero-order valence-corrected chi connectivity index (χ0v) is 13.3. The highest BCUT2D eigenvalue weighted by molar-refractivity contribution is 5.52. The first-order chi connectivity index (χ1) is 9.23. The van der Waals surface area contributed by atoms with E-state index in [9.17, 15) is 4.79 Å². The van der Waals surface area contributed by atoms with Crippen molar-refractivity contribution in [3.05, 3.63) is 23.8 Å². The molecule has 0 saturated heterocycles. The van der Waals surface area contributed by atoms with E-state index in [1.54, 1.807) is 7.11 Å². The molecule has 0 unspecified atom stereocenters. The molecule has 5 nitrogen and oxygen atoms in total. The maximum absolute atomic E-state index is 9.60. The Bertz CT molecular complexity index is 390. The normalized spacial score (nSPS) is 10.2. The molecule has 0 heterocycles. The van der Waals surface area contributed by atoms with E-state index in [-0.39, 0.29) is 5.60 Å². The van der Waals surface area contributed by atoms with E-state index >= 15 is 0 Å². The fourth-order valence-corrected chi connectivity index (χ4v) is 1.28. The van der Waals surface area contributed by atoms with Crippen molar-refractivity contribution in [1.29, 1.82) is 0 Å². The molecule has 0 aliphatic carbocycles. The standard InChI is InChI=1S/C10H16N2O.C5H10O2/c1-12(2)9-4-8(7-11)5-10(6-9)13-3;1-5(2,3)7-4-6/h4-6H,7,11H2,1-3H3;4H,1-3H3. The molecule has 0 radical (unpaired) electrons. The van der Waals surface area contributed by atoms with Crippen LogP contribution in [0.25, 0.3) is 0 Å². The summed E-state index contributed by atoms with van der Waals surface area (Å²) in [7, 11) is 5.65. The molecule has 20 heavy (non-hydrogen) atoms. The predicted molar refractivity (Wildman–Crippen MR) is 82.1 cm³/mol. The van der Waals surface area contributed by atoms with Gasteiger partial charge in [-0.25, -0.2) is 0 Å². The van der Waals surface area contributed by atoms with Gasteiger partial charge in [-0.1, -0.05) is 0 Å². The maximum atomic E-state index is 9.60. The van der Waals surface area contributed by atoms with Crippen LogP contribution in [-0.2, 0) is 16.1 Å². The van der Waals surface area contributed by atoms with Crippen LogP contribution in [0.3, 0.4) is 0 Å². The smallest absolute Gasteiger partial charge is 0.293 e. The first-order valence-corrected chi connectivity index (χ1v) is 6.40. The number of hydrogen-bond acceptors (Lipinski definition) is 5. The molecule has 0 bridgehead atoms. The molecular weight excluding hydrogens is 256 g/mol. The van der Waals surface area contributed by atoms with Crippen LogP contribution in [0.15, 0.2) is 18.2 Å². The van der Waals surface area contributed by atoms with E-state index in [0.717, 1.165) is 17.0 Å². The van der Waals surface area contributed by atoms with Crippen molar-refractivity contribution in [3.63, 3.8) is 0 Å². The molecule has 1 rings (SSSR count). The van der Waals surface area contributed by atoms with Crippen LogP contribution in [0.1, 0.15) is 26.3 Å². The molecule has 0 aliphatic heterocycles. The lowest BCUT2D eigenvalue weighted by Crippen LogP contribution is -2.17. The van der Waals surface area contributed by atoms with Gasteiger partial charge in [-0.2, -0.15) is 0 Å². The van der Waals surface area contributed by atoms with Gasteiger partial charge in [0.25, 0.3) is 6.47 Å². The van der Waals surface area contributed by atoms with Crippen LogP contribution in [0, 0.1) is 0 Å². The van der Waals surface area contributed by atoms with Gasteiger partial charge in [0.15, 0.2) is 0 Å². The molecule has 0 spiro atoms. The molecule has 2 N–H and O–H groups in total. The highest BCUT2D eigenvalue weighted by atomic mass is 16.5. The minimum absolute atomic E-state index is 0.318. The second-order valence-corrected chi connectivity index (χ2v) is 5.46. The van der Waals surface area contributed by atoms with Crippen LogP contribution in [-0.4, -0.2) is 33.3 Å². The third-order valence-corrected chi connectivity index (χ3v) is 2.34. The topological polar surface area (TPSA) is 64.8 Å². The SMILES string of the molecule is CC(C)(C)OC=O.COc1cc(CN)cc(N(C)C)c1. The Hall–Kier alpha value is -1.75. The number of carbonyl (C=O) groups is 1. The van der Waals surface area contributed by atoms with Gasteiger partial charge < -0.3 is 20.1 Å². The van der Waals surface area contributed by atoms with Gasteiger partial charge in [0, 0.05) is 32.4 Å². The van der Waals surface area contributed by atoms with Gasteiger partial charge in [-0.3, -0.25) is 4.79 Å². The van der Waals surface area contributed by atoms with E-state index in [2.05, 4.69) is 10.8 Å². The highest BCUT2D eigenvalue weighted by Gasteiger charge is 2.07.